The van der Waals surface area contributed by atoms with Crippen LogP contribution in [0, 0.1) is 11.8 Å². The number of nitrogens with one attached hydrogen (secondary N) is 1. The van der Waals surface area contributed by atoms with Crippen LogP contribution in [0.15, 0.2) is 21.9 Å². The number of aliphatic hydroxyl groups is 1. The highest BCUT2D eigenvalue weighted by molar-refractivity contribution is 5.29. The van der Waals surface area contributed by atoms with Gasteiger partial charge in [-0.2, -0.15) is 0 Å². The van der Waals surface area contributed by atoms with E-state index in [9.17, 15) is 19.1 Å². The second-order valence-electron chi connectivity index (χ2n) is 7.23. The molecule has 1 saturated carbocycles. The van der Waals surface area contributed by atoms with E-state index < -0.39 is 53.9 Å². The molecule has 3 aliphatic rings. The van der Waals surface area contributed by atoms with Crippen LogP contribution in [0.3, 0.4) is 0 Å². The van der Waals surface area contributed by atoms with Gasteiger partial charge in [0.05, 0.1) is 6.61 Å². The molecule has 8 nitrogen and oxygen atoms in total. The number of aromatic nitrogens is 2. The summed E-state index contributed by atoms with van der Waals surface area (Å²) in [7, 11) is 0. The van der Waals surface area contributed by atoms with Gasteiger partial charge in [-0.25, -0.2) is 9.18 Å². The zero-order chi connectivity index (χ0) is 19.3. The standard InChI is InChI=1S/C18H21FN2O6/c1-2-6-18-13(25-17(27-18)7-3-4-8-17)16(10-19,11-22)26-14(18)21-9-5-12(23)20-15(21)24/h5,9,13-14,22H,3-4,7-8,10-11H2,1H3,(H,20,23,24)/t13-,14-,16-,18-/m1/s1. The van der Waals surface area contributed by atoms with Crippen LogP contribution in [0.2, 0.25) is 0 Å². The summed E-state index contributed by atoms with van der Waals surface area (Å²) >= 11 is 0. The van der Waals surface area contributed by atoms with E-state index in [0.29, 0.717) is 12.8 Å². The van der Waals surface area contributed by atoms with Gasteiger partial charge in [-0.3, -0.25) is 14.3 Å². The van der Waals surface area contributed by atoms with E-state index in [1.165, 1.54) is 6.20 Å². The van der Waals surface area contributed by atoms with Crippen molar-refractivity contribution in [3.05, 3.63) is 33.1 Å². The zero-order valence-electron chi connectivity index (χ0n) is 14.9. The number of rotatable bonds is 3. The monoisotopic (exact) mass is 380 g/mol. The molecule has 27 heavy (non-hydrogen) atoms. The smallest absolute Gasteiger partial charge is 0.330 e. The number of H-pyrrole nitrogens is 1. The summed E-state index contributed by atoms with van der Waals surface area (Å²) in [5, 5.41) is 9.96. The molecule has 146 valence electrons. The molecule has 0 bridgehead atoms. The quantitative estimate of drug-likeness (QED) is 0.727. The second-order valence-corrected chi connectivity index (χ2v) is 7.23. The summed E-state index contributed by atoms with van der Waals surface area (Å²) in [6, 6.07) is 1.16. The van der Waals surface area contributed by atoms with E-state index >= 15 is 0 Å². The first-order valence-corrected chi connectivity index (χ1v) is 8.92. The zero-order valence-corrected chi connectivity index (χ0v) is 14.9. The highest BCUT2D eigenvalue weighted by Gasteiger charge is 2.74. The van der Waals surface area contributed by atoms with Crippen LogP contribution in [-0.2, 0) is 14.2 Å². The third-order valence-corrected chi connectivity index (χ3v) is 5.55. The number of aromatic amines is 1. The molecule has 1 aromatic rings. The van der Waals surface area contributed by atoms with Crippen LogP contribution in [-0.4, -0.2) is 51.0 Å². The van der Waals surface area contributed by atoms with Crippen molar-refractivity contribution < 1.29 is 23.7 Å². The molecule has 0 aromatic carbocycles. The predicted molar refractivity (Wildman–Crippen MR) is 90.6 cm³/mol. The molecular formula is C18H21FN2O6. The molecule has 4 atom stereocenters. The molecule has 2 saturated heterocycles. The van der Waals surface area contributed by atoms with Gasteiger partial charge in [0.25, 0.3) is 5.56 Å². The van der Waals surface area contributed by atoms with E-state index in [4.69, 9.17) is 14.2 Å². The van der Waals surface area contributed by atoms with Crippen molar-refractivity contribution in [2.24, 2.45) is 0 Å². The highest BCUT2D eigenvalue weighted by atomic mass is 19.1. The van der Waals surface area contributed by atoms with Crippen LogP contribution in [0.25, 0.3) is 0 Å². The number of alkyl halides is 1. The number of hydrogen-bond donors (Lipinski definition) is 2. The number of nitrogens with zero attached hydrogens (tertiary/aromatic N) is 1. The molecule has 3 fully saturated rings. The van der Waals surface area contributed by atoms with Crippen molar-refractivity contribution in [3.63, 3.8) is 0 Å². The van der Waals surface area contributed by atoms with Crippen molar-refractivity contribution in [2.45, 2.75) is 61.9 Å². The maximum absolute atomic E-state index is 14.1. The van der Waals surface area contributed by atoms with Crippen LogP contribution in [0.1, 0.15) is 38.8 Å². The van der Waals surface area contributed by atoms with Gasteiger partial charge in [-0.1, -0.05) is 5.92 Å². The Hall–Kier alpha value is -1.99. The minimum Gasteiger partial charge on any atom is -0.393 e. The van der Waals surface area contributed by atoms with Gasteiger partial charge in [0.1, 0.15) is 12.8 Å². The molecule has 4 rings (SSSR count). The Morgan fingerprint density at radius 3 is 2.70 bits per heavy atom. The van der Waals surface area contributed by atoms with Crippen molar-refractivity contribution in [3.8, 4) is 11.8 Å². The molecule has 2 N–H and O–H groups in total. The molecule has 3 heterocycles. The van der Waals surface area contributed by atoms with Crippen molar-refractivity contribution in [1.29, 1.82) is 0 Å². The fourth-order valence-corrected chi connectivity index (χ4v) is 4.36. The SMILES string of the molecule is CC#C[C@@]12OC3(CCCC3)O[C@@H]1[C@](CO)(CF)O[C@H]2n1ccc(=O)[nH]c1=O. The normalized spacial score (nSPS) is 36.6. The molecule has 0 radical (unpaired) electrons. The molecule has 2 aliphatic heterocycles. The molecule has 0 unspecified atom stereocenters. The van der Waals surface area contributed by atoms with E-state index in [-0.39, 0.29) is 0 Å². The Bertz CT molecular complexity index is 905. The third-order valence-electron chi connectivity index (χ3n) is 5.55. The average Bonchev–Trinajstić information content (AvgIpc) is 3.29. The largest absolute Gasteiger partial charge is 0.393 e. The van der Waals surface area contributed by atoms with Crippen LogP contribution >= 0.6 is 0 Å². The Balaban J connectivity index is 1.91. The lowest BCUT2D eigenvalue weighted by atomic mass is 9.87. The average molecular weight is 380 g/mol. The lowest BCUT2D eigenvalue weighted by Gasteiger charge is -2.32. The van der Waals surface area contributed by atoms with Gasteiger partial charge in [-0.15, -0.1) is 5.92 Å². The Kier molecular flexibility index (Phi) is 4.27. The van der Waals surface area contributed by atoms with E-state index in [0.717, 1.165) is 23.5 Å². The van der Waals surface area contributed by atoms with Gasteiger partial charge >= 0.3 is 5.69 Å². The minimum atomic E-state index is -1.73. The van der Waals surface area contributed by atoms with Crippen LogP contribution in [0.5, 0.6) is 0 Å². The van der Waals surface area contributed by atoms with Gasteiger partial charge < -0.3 is 19.3 Å². The maximum atomic E-state index is 14.1. The first kappa shape index (κ1) is 18.4. The first-order valence-electron chi connectivity index (χ1n) is 8.92. The topological polar surface area (TPSA) is 103 Å². The summed E-state index contributed by atoms with van der Waals surface area (Å²) in [5.74, 6) is 4.76. The van der Waals surface area contributed by atoms with E-state index in [2.05, 4.69) is 16.8 Å². The number of hydrogen-bond acceptors (Lipinski definition) is 6. The molecule has 0 amide bonds. The lowest BCUT2D eigenvalue weighted by molar-refractivity contribution is -0.248. The first-order chi connectivity index (χ1) is 12.9. The minimum absolute atomic E-state index is 0.573. The van der Waals surface area contributed by atoms with Crippen molar-refractivity contribution >= 4 is 0 Å². The number of aliphatic hydroxyl groups excluding tert-OH is 1. The van der Waals surface area contributed by atoms with Crippen LogP contribution < -0.4 is 11.2 Å². The van der Waals surface area contributed by atoms with Gasteiger partial charge in [0, 0.05) is 25.1 Å². The Morgan fingerprint density at radius 1 is 1.37 bits per heavy atom. The van der Waals surface area contributed by atoms with E-state index in [1.54, 1.807) is 6.92 Å². The third kappa shape index (κ3) is 2.51. The summed E-state index contributed by atoms with van der Waals surface area (Å²) in [6.07, 6.45) is 2.01. The van der Waals surface area contributed by atoms with E-state index in [1.807, 2.05) is 0 Å². The number of ether oxygens (including phenoxy) is 3. The summed E-state index contributed by atoms with van der Waals surface area (Å²) < 4.78 is 33.5. The molecule has 1 aliphatic carbocycles. The van der Waals surface area contributed by atoms with Gasteiger partial charge in [0.15, 0.2) is 17.6 Å². The predicted octanol–water partition coefficient (Wildman–Crippen LogP) is 0.214. The Morgan fingerprint density at radius 2 is 2.11 bits per heavy atom. The summed E-state index contributed by atoms with van der Waals surface area (Å²) in [6.45, 7) is -0.124. The maximum Gasteiger partial charge on any atom is 0.330 e. The number of halogens is 1. The van der Waals surface area contributed by atoms with Crippen molar-refractivity contribution in [2.75, 3.05) is 13.3 Å². The number of fused-ring (bicyclic) bond motifs is 1. The lowest BCUT2D eigenvalue weighted by Crippen LogP contribution is -2.52. The summed E-state index contributed by atoms with van der Waals surface area (Å²) in [4.78, 5) is 26.0. The van der Waals surface area contributed by atoms with Gasteiger partial charge in [0.2, 0.25) is 5.60 Å². The fraction of sp³-hybridized carbons (Fsp3) is 0.667. The molecule has 1 spiro atoms. The van der Waals surface area contributed by atoms with Gasteiger partial charge in [-0.05, 0) is 19.8 Å². The molecule has 9 heteroatoms. The Labute approximate surface area is 154 Å². The van der Waals surface area contributed by atoms with Crippen LogP contribution in [0.4, 0.5) is 4.39 Å². The summed E-state index contributed by atoms with van der Waals surface area (Å²) in [5.41, 5.74) is -4.53. The van der Waals surface area contributed by atoms with Crippen molar-refractivity contribution in [1.82, 2.24) is 9.55 Å². The molecular weight excluding hydrogens is 359 g/mol. The fourth-order valence-electron chi connectivity index (χ4n) is 4.36. The highest BCUT2D eigenvalue weighted by Crippen LogP contribution is 2.58. The molecule has 1 aromatic heterocycles. The second kappa shape index (κ2) is 6.27.